The Bertz CT molecular complexity index is 667. The average Bonchev–Trinajstić information content (AvgIpc) is 3.13. The van der Waals surface area contributed by atoms with Gasteiger partial charge in [-0.25, -0.2) is 8.42 Å². The number of rotatable bonds is 6. The van der Waals surface area contributed by atoms with E-state index in [1.54, 1.807) is 0 Å². The normalized spacial score (nSPS) is 23.6. The predicted molar refractivity (Wildman–Crippen MR) is 83.6 cm³/mol. The van der Waals surface area contributed by atoms with Crippen molar-refractivity contribution in [2.24, 2.45) is 0 Å². The molecule has 2 heterocycles. The van der Waals surface area contributed by atoms with Gasteiger partial charge in [-0.3, -0.25) is 4.79 Å². The maximum absolute atomic E-state index is 12.0. The zero-order valence-electron chi connectivity index (χ0n) is 12.5. The molecule has 1 aromatic rings. The number of nitrogens with one attached hydrogen (secondary N) is 1. The third-order valence-electron chi connectivity index (χ3n) is 3.93. The first-order chi connectivity index (χ1) is 10.5. The summed E-state index contributed by atoms with van der Waals surface area (Å²) in [5.41, 5.74) is 0. The standard InChI is InChI=1S/C13H20N4O3S2/c1-2-17-12(9-3-4-9)15-16-13(17)21-7-11(18)14-10-5-6-22(19,20)8-10/h9-10H,2-8H2,1H3,(H,14,18)/t10-/m1/s1. The van der Waals surface area contributed by atoms with Crippen LogP contribution in [-0.2, 0) is 21.2 Å². The molecule has 0 radical (unpaired) electrons. The molecule has 1 N–H and O–H groups in total. The number of hydrogen-bond acceptors (Lipinski definition) is 6. The van der Waals surface area contributed by atoms with Gasteiger partial charge in [0.25, 0.3) is 0 Å². The van der Waals surface area contributed by atoms with E-state index in [1.165, 1.54) is 24.6 Å². The van der Waals surface area contributed by atoms with E-state index in [9.17, 15) is 13.2 Å². The molecule has 1 amide bonds. The van der Waals surface area contributed by atoms with E-state index in [2.05, 4.69) is 20.1 Å². The Labute approximate surface area is 134 Å². The number of hydrogen-bond donors (Lipinski definition) is 1. The molecule has 9 heteroatoms. The highest BCUT2D eigenvalue weighted by molar-refractivity contribution is 7.99. The lowest BCUT2D eigenvalue weighted by molar-refractivity contribution is -0.119. The van der Waals surface area contributed by atoms with Crippen molar-refractivity contribution in [2.45, 2.75) is 49.8 Å². The van der Waals surface area contributed by atoms with Gasteiger partial charge in [0.05, 0.1) is 17.3 Å². The van der Waals surface area contributed by atoms with Crippen molar-refractivity contribution in [2.75, 3.05) is 17.3 Å². The first kappa shape index (κ1) is 15.8. The van der Waals surface area contributed by atoms with Gasteiger partial charge in [-0.15, -0.1) is 10.2 Å². The fourth-order valence-electron chi connectivity index (χ4n) is 2.66. The zero-order valence-corrected chi connectivity index (χ0v) is 14.1. The van der Waals surface area contributed by atoms with Crippen molar-refractivity contribution in [3.05, 3.63) is 5.82 Å². The Morgan fingerprint density at radius 1 is 1.36 bits per heavy atom. The first-order valence-corrected chi connectivity index (χ1v) is 10.3. The van der Waals surface area contributed by atoms with Gasteiger partial charge >= 0.3 is 0 Å². The Morgan fingerprint density at radius 2 is 2.14 bits per heavy atom. The maximum atomic E-state index is 12.0. The SMILES string of the molecule is CCn1c(SCC(=O)N[C@@H]2CCS(=O)(=O)C2)nnc1C1CC1. The second-order valence-corrected chi connectivity index (χ2v) is 8.99. The number of carbonyl (C=O) groups excluding carboxylic acids is 1. The fraction of sp³-hybridized carbons (Fsp3) is 0.769. The van der Waals surface area contributed by atoms with Gasteiger partial charge in [-0.1, -0.05) is 11.8 Å². The third-order valence-corrected chi connectivity index (χ3v) is 6.67. The van der Waals surface area contributed by atoms with Gasteiger partial charge in [0.2, 0.25) is 5.91 Å². The highest BCUT2D eigenvalue weighted by Crippen LogP contribution is 2.39. The minimum atomic E-state index is -2.97. The summed E-state index contributed by atoms with van der Waals surface area (Å²) in [6.07, 6.45) is 2.84. The lowest BCUT2D eigenvalue weighted by Gasteiger charge is -2.10. The Hall–Kier alpha value is -1.09. The summed E-state index contributed by atoms with van der Waals surface area (Å²) in [4.78, 5) is 12.0. The number of sulfone groups is 1. The average molecular weight is 344 g/mol. The molecule has 1 saturated carbocycles. The predicted octanol–water partition coefficient (Wildman–Crippen LogP) is 0.571. The Kier molecular flexibility index (Phi) is 4.44. The van der Waals surface area contributed by atoms with E-state index in [0.29, 0.717) is 12.3 Å². The van der Waals surface area contributed by atoms with E-state index in [0.717, 1.165) is 17.5 Å². The number of carbonyl (C=O) groups is 1. The molecule has 2 aliphatic rings. The van der Waals surface area contributed by atoms with Crippen molar-refractivity contribution in [3.63, 3.8) is 0 Å². The molecule has 1 atom stereocenters. The molecule has 2 fully saturated rings. The second-order valence-electron chi connectivity index (χ2n) is 5.82. The lowest BCUT2D eigenvalue weighted by Crippen LogP contribution is -2.36. The Balaban J connectivity index is 1.53. The van der Waals surface area contributed by atoms with Crippen LogP contribution in [0.3, 0.4) is 0 Å². The van der Waals surface area contributed by atoms with Gasteiger partial charge in [0.1, 0.15) is 5.82 Å². The lowest BCUT2D eigenvalue weighted by atomic mass is 10.3. The van der Waals surface area contributed by atoms with Crippen LogP contribution in [0.4, 0.5) is 0 Å². The number of thioether (sulfide) groups is 1. The summed E-state index contributed by atoms with van der Waals surface area (Å²) in [6, 6.07) is -0.246. The summed E-state index contributed by atoms with van der Waals surface area (Å²) >= 11 is 1.36. The van der Waals surface area contributed by atoms with Gasteiger partial charge in [-0.2, -0.15) is 0 Å². The van der Waals surface area contributed by atoms with E-state index in [4.69, 9.17) is 0 Å². The smallest absolute Gasteiger partial charge is 0.230 e. The van der Waals surface area contributed by atoms with Crippen molar-refractivity contribution >= 4 is 27.5 Å². The highest BCUT2D eigenvalue weighted by atomic mass is 32.2. The topological polar surface area (TPSA) is 94.0 Å². The van der Waals surface area contributed by atoms with Crippen LogP contribution in [-0.4, -0.2) is 52.4 Å². The molecule has 1 aromatic heterocycles. The van der Waals surface area contributed by atoms with E-state index in [1.807, 2.05) is 6.92 Å². The van der Waals surface area contributed by atoms with Crippen LogP contribution in [0.2, 0.25) is 0 Å². The largest absolute Gasteiger partial charge is 0.352 e. The van der Waals surface area contributed by atoms with Crippen LogP contribution < -0.4 is 5.32 Å². The number of aromatic nitrogens is 3. The molecule has 1 aliphatic carbocycles. The first-order valence-electron chi connectivity index (χ1n) is 7.54. The molecule has 0 unspecified atom stereocenters. The Morgan fingerprint density at radius 3 is 2.73 bits per heavy atom. The van der Waals surface area contributed by atoms with Crippen molar-refractivity contribution in [3.8, 4) is 0 Å². The van der Waals surface area contributed by atoms with Gasteiger partial charge in [-0.05, 0) is 26.2 Å². The molecule has 3 rings (SSSR count). The summed E-state index contributed by atoms with van der Waals surface area (Å²) in [7, 11) is -2.97. The highest BCUT2D eigenvalue weighted by Gasteiger charge is 2.31. The minimum Gasteiger partial charge on any atom is -0.352 e. The summed E-state index contributed by atoms with van der Waals surface area (Å²) < 4.78 is 24.8. The van der Waals surface area contributed by atoms with Crippen LogP contribution in [0.5, 0.6) is 0 Å². The summed E-state index contributed by atoms with van der Waals surface area (Å²) in [6.45, 7) is 2.84. The molecule has 7 nitrogen and oxygen atoms in total. The molecule has 1 saturated heterocycles. The van der Waals surface area contributed by atoms with Gasteiger partial charge in [0, 0.05) is 18.5 Å². The maximum Gasteiger partial charge on any atom is 0.230 e. The molecule has 22 heavy (non-hydrogen) atoms. The van der Waals surface area contributed by atoms with E-state index < -0.39 is 9.84 Å². The summed E-state index contributed by atoms with van der Waals surface area (Å²) in [5.74, 6) is 1.86. The van der Waals surface area contributed by atoms with Crippen LogP contribution >= 0.6 is 11.8 Å². The second kappa shape index (κ2) is 6.19. The van der Waals surface area contributed by atoms with Crippen LogP contribution in [0.15, 0.2) is 5.16 Å². The van der Waals surface area contributed by atoms with Gasteiger partial charge in [0.15, 0.2) is 15.0 Å². The number of amides is 1. The van der Waals surface area contributed by atoms with Crippen LogP contribution in [0.25, 0.3) is 0 Å². The molecular formula is C13H20N4O3S2. The van der Waals surface area contributed by atoms with Crippen LogP contribution in [0, 0.1) is 0 Å². The zero-order chi connectivity index (χ0) is 15.7. The molecule has 0 spiro atoms. The van der Waals surface area contributed by atoms with Crippen molar-refractivity contribution < 1.29 is 13.2 Å². The van der Waals surface area contributed by atoms with Gasteiger partial charge < -0.3 is 9.88 Å². The minimum absolute atomic E-state index is 0.0559. The fourth-order valence-corrected chi connectivity index (χ4v) is 5.15. The molecule has 0 aromatic carbocycles. The van der Waals surface area contributed by atoms with Crippen LogP contribution in [0.1, 0.15) is 37.9 Å². The monoisotopic (exact) mass is 344 g/mol. The quantitative estimate of drug-likeness (QED) is 0.758. The third kappa shape index (κ3) is 3.62. The van der Waals surface area contributed by atoms with Crippen molar-refractivity contribution in [1.82, 2.24) is 20.1 Å². The molecule has 122 valence electrons. The van der Waals surface area contributed by atoms with E-state index >= 15 is 0 Å². The molecule has 1 aliphatic heterocycles. The van der Waals surface area contributed by atoms with E-state index in [-0.39, 0.29) is 29.2 Å². The molecule has 0 bridgehead atoms. The van der Waals surface area contributed by atoms with Crippen molar-refractivity contribution in [1.29, 1.82) is 0 Å². The summed E-state index contributed by atoms with van der Waals surface area (Å²) in [5, 5.41) is 12.0. The molecular weight excluding hydrogens is 324 g/mol. The number of nitrogens with zero attached hydrogens (tertiary/aromatic N) is 3.